The van der Waals surface area contributed by atoms with Gasteiger partial charge in [0, 0.05) is 17.6 Å². The monoisotopic (exact) mass is 294 g/mol. The number of rotatable bonds is 1. The zero-order valence-corrected chi connectivity index (χ0v) is 11.4. The van der Waals surface area contributed by atoms with Crippen LogP contribution >= 0.6 is 15.9 Å². The Hall–Kier alpha value is -1.03. The van der Waals surface area contributed by atoms with Gasteiger partial charge in [0.2, 0.25) is 0 Å². The molecule has 90 valence electrons. The molecule has 1 aromatic rings. The van der Waals surface area contributed by atoms with Crippen molar-refractivity contribution in [3.8, 4) is 0 Å². The number of aryl methyl sites for hydroxylation is 1. The van der Waals surface area contributed by atoms with Crippen molar-refractivity contribution in [2.75, 3.05) is 13.1 Å². The average molecular weight is 295 g/mol. The van der Waals surface area contributed by atoms with Gasteiger partial charge >= 0.3 is 6.03 Å². The topological polar surface area (TPSA) is 32.3 Å². The molecule has 0 saturated carbocycles. The average Bonchev–Trinajstić information content (AvgIpc) is 2.85. The second-order valence-corrected chi connectivity index (χ2v) is 5.87. The minimum atomic E-state index is -0.128. The van der Waals surface area contributed by atoms with Gasteiger partial charge in [-0.15, -0.1) is 0 Å². The van der Waals surface area contributed by atoms with Crippen LogP contribution in [0.2, 0.25) is 0 Å². The SMILES string of the molecule is CC1(N2CCNC2=O)CCc2cc(Br)ccc21. The number of fused-ring (bicyclic) bond motifs is 1. The number of halogens is 1. The molecule has 1 saturated heterocycles. The molecule has 17 heavy (non-hydrogen) atoms. The molecule has 1 unspecified atom stereocenters. The molecule has 0 aromatic heterocycles. The van der Waals surface area contributed by atoms with Crippen LogP contribution in [-0.4, -0.2) is 24.0 Å². The molecule has 4 heteroatoms. The third-order valence-corrected chi connectivity index (χ3v) is 4.47. The van der Waals surface area contributed by atoms with Crippen LogP contribution in [0.1, 0.15) is 24.5 Å². The fraction of sp³-hybridized carbons (Fsp3) is 0.462. The summed E-state index contributed by atoms with van der Waals surface area (Å²) in [5.41, 5.74) is 2.54. The molecule has 1 heterocycles. The number of benzene rings is 1. The first-order valence-electron chi connectivity index (χ1n) is 5.96. The number of urea groups is 1. The fourth-order valence-electron chi connectivity index (χ4n) is 3.03. The highest BCUT2D eigenvalue weighted by molar-refractivity contribution is 9.10. The van der Waals surface area contributed by atoms with E-state index in [2.05, 4.69) is 46.4 Å². The van der Waals surface area contributed by atoms with Crippen LogP contribution in [0.25, 0.3) is 0 Å². The van der Waals surface area contributed by atoms with Crippen molar-refractivity contribution in [3.05, 3.63) is 33.8 Å². The van der Waals surface area contributed by atoms with Crippen molar-refractivity contribution >= 4 is 22.0 Å². The second kappa shape index (κ2) is 3.73. The smallest absolute Gasteiger partial charge is 0.318 e. The molecule has 1 aromatic carbocycles. The quantitative estimate of drug-likeness (QED) is 0.848. The van der Waals surface area contributed by atoms with E-state index in [1.807, 2.05) is 4.90 Å². The van der Waals surface area contributed by atoms with Gasteiger partial charge in [-0.25, -0.2) is 4.79 Å². The van der Waals surface area contributed by atoms with E-state index in [0.717, 1.165) is 30.4 Å². The number of nitrogens with one attached hydrogen (secondary N) is 1. The number of nitrogens with zero attached hydrogens (tertiary/aromatic N) is 1. The summed E-state index contributed by atoms with van der Waals surface area (Å²) < 4.78 is 1.12. The molecular formula is C13H15BrN2O. The van der Waals surface area contributed by atoms with Crippen LogP contribution in [0.5, 0.6) is 0 Å². The number of hydrogen-bond donors (Lipinski definition) is 1. The fourth-order valence-corrected chi connectivity index (χ4v) is 3.44. The minimum Gasteiger partial charge on any atom is -0.336 e. The maximum absolute atomic E-state index is 11.8. The first kappa shape index (κ1) is 11.1. The van der Waals surface area contributed by atoms with Crippen LogP contribution in [0.4, 0.5) is 4.79 Å². The molecule has 3 rings (SSSR count). The van der Waals surface area contributed by atoms with Crippen LogP contribution < -0.4 is 5.32 Å². The zero-order valence-electron chi connectivity index (χ0n) is 9.79. The molecule has 1 atom stereocenters. The summed E-state index contributed by atoms with van der Waals surface area (Å²) in [6.45, 7) is 3.75. The zero-order chi connectivity index (χ0) is 12.0. The Kier molecular flexibility index (Phi) is 2.43. The van der Waals surface area contributed by atoms with Gasteiger partial charge in [-0.05, 0) is 43.0 Å². The Morgan fingerprint density at radius 1 is 1.47 bits per heavy atom. The van der Waals surface area contributed by atoms with Gasteiger partial charge in [0.05, 0.1) is 5.54 Å². The van der Waals surface area contributed by atoms with E-state index in [0.29, 0.717) is 0 Å². The number of carbonyl (C=O) groups is 1. The summed E-state index contributed by atoms with van der Waals surface area (Å²) in [5, 5.41) is 2.89. The van der Waals surface area contributed by atoms with E-state index in [9.17, 15) is 4.79 Å². The highest BCUT2D eigenvalue weighted by Gasteiger charge is 2.43. The largest absolute Gasteiger partial charge is 0.336 e. The van der Waals surface area contributed by atoms with Crippen molar-refractivity contribution < 1.29 is 4.79 Å². The Bertz CT molecular complexity index is 488. The molecule has 0 spiro atoms. The molecule has 1 aliphatic carbocycles. The third-order valence-electron chi connectivity index (χ3n) is 3.98. The Labute approximate surface area is 109 Å². The summed E-state index contributed by atoms with van der Waals surface area (Å²) in [7, 11) is 0. The Morgan fingerprint density at radius 3 is 3.00 bits per heavy atom. The molecule has 3 nitrogen and oxygen atoms in total. The summed E-state index contributed by atoms with van der Waals surface area (Å²) in [6.07, 6.45) is 2.07. The lowest BCUT2D eigenvalue weighted by Crippen LogP contribution is -2.44. The van der Waals surface area contributed by atoms with E-state index in [1.54, 1.807) is 0 Å². The van der Waals surface area contributed by atoms with Crippen LogP contribution in [-0.2, 0) is 12.0 Å². The van der Waals surface area contributed by atoms with Crippen molar-refractivity contribution in [2.45, 2.75) is 25.3 Å². The highest BCUT2D eigenvalue weighted by Crippen LogP contribution is 2.42. The highest BCUT2D eigenvalue weighted by atomic mass is 79.9. The van der Waals surface area contributed by atoms with Crippen molar-refractivity contribution in [3.63, 3.8) is 0 Å². The van der Waals surface area contributed by atoms with Gasteiger partial charge in [-0.3, -0.25) is 0 Å². The molecule has 2 amide bonds. The van der Waals surface area contributed by atoms with Gasteiger partial charge in [-0.1, -0.05) is 22.0 Å². The van der Waals surface area contributed by atoms with Crippen LogP contribution in [0.3, 0.4) is 0 Å². The van der Waals surface area contributed by atoms with Crippen LogP contribution in [0, 0.1) is 0 Å². The second-order valence-electron chi connectivity index (χ2n) is 4.96. The molecule has 2 aliphatic rings. The van der Waals surface area contributed by atoms with Crippen molar-refractivity contribution in [1.29, 1.82) is 0 Å². The normalized spacial score (nSPS) is 27.2. The van der Waals surface area contributed by atoms with Gasteiger partial charge in [0.25, 0.3) is 0 Å². The predicted molar refractivity (Wildman–Crippen MR) is 69.9 cm³/mol. The summed E-state index contributed by atoms with van der Waals surface area (Å²) in [6, 6.07) is 6.46. The lowest BCUT2D eigenvalue weighted by atomic mass is 9.92. The molecular weight excluding hydrogens is 280 g/mol. The first-order valence-corrected chi connectivity index (χ1v) is 6.75. The molecule has 1 aliphatic heterocycles. The first-order chi connectivity index (χ1) is 8.11. The van der Waals surface area contributed by atoms with E-state index in [1.165, 1.54) is 11.1 Å². The number of hydrogen-bond acceptors (Lipinski definition) is 1. The van der Waals surface area contributed by atoms with Gasteiger partial charge in [0.1, 0.15) is 0 Å². The molecule has 1 fully saturated rings. The maximum Gasteiger partial charge on any atom is 0.318 e. The van der Waals surface area contributed by atoms with E-state index < -0.39 is 0 Å². The summed E-state index contributed by atoms with van der Waals surface area (Å²) in [4.78, 5) is 13.8. The van der Waals surface area contributed by atoms with E-state index in [-0.39, 0.29) is 11.6 Å². The van der Waals surface area contributed by atoms with E-state index in [4.69, 9.17) is 0 Å². The Morgan fingerprint density at radius 2 is 2.29 bits per heavy atom. The maximum atomic E-state index is 11.8. The summed E-state index contributed by atoms with van der Waals surface area (Å²) >= 11 is 3.50. The summed E-state index contributed by atoms with van der Waals surface area (Å²) in [5.74, 6) is 0. The Balaban J connectivity index is 2.04. The van der Waals surface area contributed by atoms with Gasteiger partial charge in [0.15, 0.2) is 0 Å². The molecule has 1 N–H and O–H groups in total. The van der Waals surface area contributed by atoms with E-state index >= 15 is 0 Å². The van der Waals surface area contributed by atoms with Crippen molar-refractivity contribution in [1.82, 2.24) is 10.2 Å². The standard InChI is InChI=1S/C13H15BrN2O/c1-13(16-7-6-15-12(16)17)5-4-9-8-10(14)2-3-11(9)13/h2-3,8H,4-7H2,1H3,(H,15,17). The minimum absolute atomic E-state index is 0.0725. The van der Waals surface area contributed by atoms with Crippen LogP contribution in [0.15, 0.2) is 22.7 Å². The lowest BCUT2D eigenvalue weighted by Gasteiger charge is -2.35. The predicted octanol–water partition coefficient (Wildman–Crippen LogP) is 2.64. The molecule has 0 radical (unpaired) electrons. The number of amides is 2. The third kappa shape index (κ3) is 1.58. The lowest BCUT2D eigenvalue weighted by molar-refractivity contribution is 0.148. The van der Waals surface area contributed by atoms with Gasteiger partial charge in [-0.2, -0.15) is 0 Å². The number of carbonyl (C=O) groups excluding carboxylic acids is 1. The van der Waals surface area contributed by atoms with Gasteiger partial charge < -0.3 is 10.2 Å². The van der Waals surface area contributed by atoms with Crippen molar-refractivity contribution in [2.24, 2.45) is 0 Å². The molecule has 0 bridgehead atoms.